The van der Waals surface area contributed by atoms with Crippen molar-refractivity contribution in [3.8, 4) is 0 Å². The fraction of sp³-hybridized carbons (Fsp3) is 0.733. The number of alkyl carbamates (subject to hydrolysis) is 1. The Bertz CT molecular complexity index is 356. The van der Waals surface area contributed by atoms with Crippen LogP contribution in [0, 0.1) is 0 Å². The van der Waals surface area contributed by atoms with Gasteiger partial charge in [-0.1, -0.05) is 6.08 Å². The first-order chi connectivity index (χ1) is 9.90. The summed E-state index contributed by atoms with van der Waals surface area (Å²) < 4.78 is 5.19. The molecular weight excluding hydrogens is 270 g/mol. The van der Waals surface area contributed by atoms with Crippen LogP contribution in [0.1, 0.15) is 20.8 Å². The zero-order valence-corrected chi connectivity index (χ0v) is 13.3. The van der Waals surface area contributed by atoms with Crippen LogP contribution in [0.4, 0.5) is 4.79 Å². The van der Waals surface area contributed by atoms with E-state index in [-0.39, 0.29) is 6.09 Å². The SMILES string of the molecule is CC(C)(C)OC(=O)NCCN1CCN(C/C=C/C=O)CC1. The number of nitrogens with zero attached hydrogens (tertiary/aromatic N) is 2. The summed E-state index contributed by atoms with van der Waals surface area (Å²) in [5.74, 6) is 0. The Morgan fingerprint density at radius 3 is 2.38 bits per heavy atom. The van der Waals surface area contributed by atoms with Crippen molar-refractivity contribution in [2.75, 3.05) is 45.8 Å². The Kier molecular flexibility index (Phi) is 7.39. The molecule has 0 aromatic heterocycles. The van der Waals surface area contributed by atoms with Gasteiger partial charge in [0.2, 0.25) is 0 Å². The van der Waals surface area contributed by atoms with Crippen LogP contribution >= 0.6 is 0 Å². The third-order valence-electron chi connectivity index (χ3n) is 3.14. The Labute approximate surface area is 127 Å². The molecule has 6 heteroatoms. The Morgan fingerprint density at radius 1 is 1.19 bits per heavy atom. The van der Waals surface area contributed by atoms with Gasteiger partial charge in [-0.05, 0) is 26.8 Å². The quantitative estimate of drug-likeness (QED) is 0.582. The maximum absolute atomic E-state index is 11.5. The molecule has 1 fully saturated rings. The highest BCUT2D eigenvalue weighted by molar-refractivity contribution is 5.67. The van der Waals surface area contributed by atoms with Crippen molar-refractivity contribution in [3.63, 3.8) is 0 Å². The summed E-state index contributed by atoms with van der Waals surface area (Å²) in [7, 11) is 0. The minimum absolute atomic E-state index is 0.361. The molecule has 0 atom stereocenters. The Balaban J connectivity index is 2.12. The Morgan fingerprint density at radius 2 is 1.81 bits per heavy atom. The highest BCUT2D eigenvalue weighted by Crippen LogP contribution is 2.06. The van der Waals surface area contributed by atoms with Crippen molar-refractivity contribution >= 4 is 12.4 Å². The van der Waals surface area contributed by atoms with Gasteiger partial charge >= 0.3 is 6.09 Å². The number of hydrogen-bond acceptors (Lipinski definition) is 5. The van der Waals surface area contributed by atoms with Gasteiger partial charge in [-0.3, -0.25) is 14.6 Å². The number of carbonyl (C=O) groups is 2. The number of piperazine rings is 1. The molecule has 0 bridgehead atoms. The monoisotopic (exact) mass is 297 g/mol. The lowest BCUT2D eigenvalue weighted by Crippen LogP contribution is -2.48. The lowest BCUT2D eigenvalue weighted by Gasteiger charge is -2.34. The number of aldehydes is 1. The summed E-state index contributed by atoms with van der Waals surface area (Å²) in [6.45, 7) is 11.7. The number of ether oxygens (including phenoxy) is 1. The highest BCUT2D eigenvalue weighted by atomic mass is 16.6. The zero-order valence-electron chi connectivity index (χ0n) is 13.3. The molecule has 0 aromatic carbocycles. The predicted molar refractivity (Wildman–Crippen MR) is 82.3 cm³/mol. The molecule has 1 amide bonds. The Hall–Kier alpha value is -1.40. The fourth-order valence-electron chi connectivity index (χ4n) is 2.09. The molecule has 1 rings (SSSR count). The largest absolute Gasteiger partial charge is 0.444 e. The van der Waals surface area contributed by atoms with Crippen LogP contribution in [0.5, 0.6) is 0 Å². The molecule has 1 saturated heterocycles. The number of carbonyl (C=O) groups excluding carboxylic acids is 2. The molecule has 1 N–H and O–H groups in total. The van der Waals surface area contributed by atoms with Crippen molar-refractivity contribution in [2.45, 2.75) is 26.4 Å². The van der Waals surface area contributed by atoms with E-state index in [9.17, 15) is 9.59 Å². The van der Waals surface area contributed by atoms with Crippen LogP contribution < -0.4 is 5.32 Å². The van der Waals surface area contributed by atoms with E-state index in [4.69, 9.17) is 4.74 Å². The van der Waals surface area contributed by atoms with Gasteiger partial charge in [0.1, 0.15) is 11.9 Å². The van der Waals surface area contributed by atoms with Crippen molar-refractivity contribution in [2.24, 2.45) is 0 Å². The maximum Gasteiger partial charge on any atom is 0.407 e. The van der Waals surface area contributed by atoms with Crippen molar-refractivity contribution in [1.82, 2.24) is 15.1 Å². The second-order valence-electron chi connectivity index (χ2n) is 6.14. The molecule has 21 heavy (non-hydrogen) atoms. The van der Waals surface area contributed by atoms with Crippen molar-refractivity contribution < 1.29 is 14.3 Å². The van der Waals surface area contributed by atoms with Crippen molar-refractivity contribution in [3.05, 3.63) is 12.2 Å². The summed E-state index contributed by atoms with van der Waals surface area (Å²) >= 11 is 0. The van der Waals surface area contributed by atoms with Gasteiger partial charge in [0, 0.05) is 45.8 Å². The average molecular weight is 297 g/mol. The summed E-state index contributed by atoms with van der Waals surface area (Å²) in [4.78, 5) is 26.3. The van der Waals surface area contributed by atoms with Gasteiger partial charge in [-0.25, -0.2) is 4.79 Å². The number of amides is 1. The molecule has 1 heterocycles. The van der Waals surface area contributed by atoms with E-state index in [1.807, 2.05) is 26.8 Å². The molecule has 1 aliphatic heterocycles. The molecule has 1 aliphatic rings. The molecule has 0 unspecified atom stereocenters. The molecule has 0 saturated carbocycles. The van der Waals surface area contributed by atoms with Crippen LogP contribution in [0.3, 0.4) is 0 Å². The first-order valence-corrected chi connectivity index (χ1v) is 7.42. The van der Waals surface area contributed by atoms with Crippen LogP contribution in [0.25, 0.3) is 0 Å². The van der Waals surface area contributed by atoms with Gasteiger partial charge in [-0.2, -0.15) is 0 Å². The molecule has 0 spiro atoms. The fourth-order valence-corrected chi connectivity index (χ4v) is 2.09. The molecule has 6 nitrogen and oxygen atoms in total. The highest BCUT2D eigenvalue weighted by Gasteiger charge is 2.17. The normalized spacial score (nSPS) is 17.9. The molecule has 120 valence electrons. The van der Waals surface area contributed by atoms with E-state index >= 15 is 0 Å². The van der Waals surface area contributed by atoms with Gasteiger partial charge in [-0.15, -0.1) is 0 Å². The second kappa shape index (κ2) is 8.79. The summed E-state index contributed by atoms with van der Waals surface area (Å²) in [5.41, 5.74) is -0.454. The lowest BCUT2D eigenvalue weighted by atomic mass is 10.2. The average Bonchev–Trinajstić information content (AvgIpc) is 2.39. The van der Waals surface area contributed by atoms with E-state index in [1.165, 1.54) is 6.08 Å². The first-order valence-electron chi connectivity index (χ1n) is 7.42. The number of nitrogens with one attached hydrogen (secondary N) is 1. The zero-order chi connectivity index (χ0) is 15.7. The lowest BCUT2D eigenvalue weighted by molar-refractivity contribution is -0.104. The van der Waals surface area contributed by atoms with E-state index in [1.54, 1.807) is 0 Å². The van der Waals surface area contributed by atoms with Gasteiger partial charge in [0.25, 0.3) is 0 Å². The molecule has 0 aliphatic carbocycles. The van der Waals surface area contributed by atoms with E-state index in [0.717, 1.165) is 45.6 Å². The van der Waals surface area contributed by atoms with Crippen LogP contribution in [-0.2, 0) is 9.53 Å². The third kappa shape index (κ3) is 8.47. The molecule has 0 aromatic rings. The number of rotatable bonds is 6. The van der Waals surface area contributed by atoms with E-state index in [0.29, 0.717) is 6.54 Å². The topological polar surface area (TPSA) is 61.9 Å². The van der Waals surface area contributed by atoms with Gasteiger partial charge in [0.05, 0.1) is 0 Å². The smallest absolute Gasteiger partial charge is 0.407 e. The van der Waals surface area contributed by atoms with Gasteiger partial charge in [0.15, 0.2) is 0 Å². The second-order valence-corrected chi connectivity index (χ2v) is 6.14. The molecule has 0 radical (unpaired) electrons. The predicted octanol–water partition coefficient (Wildman–Crippen LogP) is 0.884. The maximum atomic E-state index is 11.5. The van der Waals surface area contributed by atoms with Crippen molar-refractivity contribution in [1.29, 1.82) is 0 Å². The van der Waals surface area contributed by atoms with Crippen LogP contribution in [-0.4, -0.2) is 73.6 Å². The number of allylic oxidation sites excluding steroid dienone is 1. The summed E-state index contributed by atoms with van der Waals surface area (Å²) in [5, 5.41) is 2.77. The minimum atomic E-state index is -0.454. The van der Waals surface area contributed by atoms with Crippen LogP contribution in [0.2, 0.25) is 0 Å². The first kappa shape index (κ1) is 17.7. The molecular formula is C15H27N3O3. The van der Waals surface area contributed by atoms with E-state index in [2.05, 4.69) is 15.1 Å². The third-order valence-corrected chi connectivity index (χ3v) is 3.14. The van der Waals surface area contributed by atoms with Crippen LogP contribution in [0.15, 0.2) is 12.2 Å². The number of hydrogen-bond donors (Lipinski definition) is 1. The minimum Gasteiger partial charge on any atom is -0.444 e. The summed E-state index contributed by atoms with van der Waals surface area (Å²) in [6.07, 6.45) is 3.86. The summed E-state index contributed by atoms with van der Waals surface area (Å²) in [6, 6.07) is 0. The van der Waals surface area contributed by atoms with E-state index < -0.39 is 5.60 Å². The standard InChI is InChI=1S/C15H27N3O3/c1-15(2,3)21-14(20)16-6-8-18-11-9-17(10-12-18)7-4-5-13-19/h4-5,13H,6-12H2,1-3H3,(H,16,20)/b5-4+. The van der Waals surface area contributed by atoms with Gasteiger partial charge < -0.3 is 10.1 Å².